The molecule has 2 aromatic rings. The van der Waals surface area contributed by atoms with Gasteiger partial charge in [-0.3, -0.25) is 19.9 Å². The molecule has 0 N–H and O–H groups in total. The van der Waals surface area contributed by atoms with Gasteiger partial charge in [0, 0.05) is 23.7 Å². The number of benzene rings is 2. The lowest BCUT2D eigenvalue weighted by atomic mass is 9.75. The maximum Gasteiger partial charge on any atom is 0.430 e. The van der Waals surface area contributed by atoms with Gasteiger partial charge in [0.1, 0.15) is 37.6 Å². The molecule has 0 bridgehead atoms. The van der Waals surface area contributed by atoms with E-state index < -0.39 is 46.3 Å². The standard InChI is InChI=1S/C28H27F3N2O9/c1-3-38-27(35)24-23(17-7-6-8-18(13-17)33(36)37)22(16(2)32-25(24)28(29,30)31)26(34)40-12-11-39-20-9-4-5-10-21(20)42-15-19-14-41-19/h4-10,13,19,23-24H,3,11-12,14-15H2,1-2H3. The molecule has 0 saturated carbocycles. The lowest BCUT2D eigenvalue weighted by molar-refractivity contribution is -0.384. The second kappa shape index (κ2) is 13.0. The molecule has 0 amide bonds. The number of nitro groups is 1. The molecule has 0 aromatic heterocycles. The van der Waals surface area contributed by atoms with Crippen LogP contribution in [0.2, 0.25) is 0 Å². The first-order chi connectivity index (χ1) is 20.0. The molecule has 2 aliphatic heterocycles. The van der Waals surface area contributed by atoms with Crippen LogP contribution in [-0.4, -0.2) is 67.9 Å². The lowest BCUT2D eigenvalue weighted by Gasteiger charge is -2.33. The van der Waals surface area contributed by atoms with E-state index in [2.05, 4.69) is 4.99 Å². The number of allylic oxidation sites excluding steroid dienone is 1. The summed E-state index contributed by atoms with van der Waals surface area (Å²) in [5.74, 6) is -5.29. The number of carbonyl (C=O) groups excluding carboxylic acids is 2. The van der Waals surface area contributed by atoms with Crippen LogP contribution in [0.25, 0.3) is 0 Å². The quantitative estimate of drug-likeness (QED) is 0.114. The van der Waals surface area contributed by atoms with E-state index >= 15 is 0 Å². The van der Waals surface area contributed by atoms with Crippen LogP contribution in [0.4, 0.5) is 18.9 Å². The number of hydrogen-bond donors (Lipinski definition) is 0. The molecule has 224 valence electrons. The molecular weight excluding hydrogens is 565 g/mol. The monoisotopic (exact) mass is 592 g/mol. The van der Waals surface area contributed by atoms with Crippen molar-refractivity contribution < 1.29 is 51.4 Å². The van der Waals surface area contributed by atoms with Crippen LogP contribution in [0.5, 0.6) is 11.5 Å². The molecule has 14 heteroatoms. The Bertz CT molecular complexity index is 1400. The molecule has 0 spiro atoms. The normalized spacial score (nSPS) is 19.9. The molecule has 4 rings (SSSR count). The molecule has 11 nitrogen and oxygen atoms in total. The average molecular weight is 593 g/mol. The molecular formula is C28H27F3N2O9. The number of esters is 2. The van der Waals surface area contributed by atoms with Gasteiger partial charge >= 0.3 is 18.1 Å². The summed E-state index contributed by atoms with van der Waals surface area (Å²) >= 11 is 0. The molecule has 2 aromatic carbocycles. The Labute approximate surface area is 238 Å². The van der Waals surface area contributed by atoms with Crippen LogP contribution < -0.4 is 9.47 Å². The molecule has 3 atom stereocenters. The average Bonchev–Trinajstić information content (AvgIpc) is 3.78. The third-order valence-corrected chi connectivity index (χ3v) is 6.36. The van der Waals surface area contributed by atoms with Gasteiger partial charge in [-0.2, -0.15) is 13.2 Å². The van der Waals surface area contributed by atoms with Gasteiger partial charge in [0.25, 0.3) is 5.69 Å². The molecule has 0 radical (unpaired) electrons. The van der Waals surface area contributed by atoms with E-state index in [0.717, 1.165) is 12.1 Å². The second-order valence-electron chi connectivity index (χ2n) is 9.25. The molecule has 2 heterocycles. The number of alkyl halides is 3. The Morgan fingerprint density at radius 2 is 1.76 bits per heavy atom. The van der Waals surface area contributed by atoms with Gasteiger partial charge in [0.15, 0.2) is 11.5 Å². The van der Waals surface area contributed by atoms with Crippen molar-refractivity contribution in [3.05, 3.63) is 75.5 Å². The number of rotatable bonds is 12. The van der Waals surface area contributed by atoms with Gasteiger partial charge in [-0.15, -0.1) is 0 Å². The van der Waals surface area contributed by atoms with Crippen molar-refractivity contribution in [1.29, 1.82) is 0 Å². The number of aliphatic imine (C=N–C) groups is 1. The van der Waals surface area contributed by atoms with E-state index in [4.69, 9.17) is 23.7 Å². The number of carbonyl (C=O) groups is 2. The van der Waals surface area contributed by atoms with Crippen LogP contribution in [-0.2, 0) is 23.8 Å². The van der Waals surface area contributed by atoms with Gasteiger partial charge in [0.05, 0.1) is 23.7 Å². The summed E-state index contributed by atoms with van der Waals surface area (Å²) in [7, 11) is 0. The Hall–Kier alpha value is -4.46. The zero-order valence-corrected chi connectivity index (χ0v) is 22.6. The highest BCUT2D eigenvalue weighted by Crippen LogP contribution is 2.44. The molecule has 42 heavy (non-hydrogen) atoms. The van der Waals surface area contributed by atoms with Crippen molar-refractivity contribution in [3.8, 4) is 11.5 Å². The van der Waals surface area contributed by atoms with Gasteiger partial charge in [-0.25, -0.2) is 4.79 Å². The smallest absolute Gasteiger partial charge is 0.430 e. The van der Waals surface area contributed by atoms with Crippen molar-refractivity contribution in [1.82, 2.24) is 0 Å². The fraction of sp³-hybridized carbons (Fsp3) is 0.393. The number of hydrogen-bond acceptors (Lipinski definition) is 10. The highest BCUT2D eigenvalue weighted by atomic mass is 19.4. The molecule has 1 saturated heterocycles. The summed E-state index contributed by atoms with van der Waals surface area (Å²) in [5, 5.41) is 11.4. The van der Waals surface area contributed by atoms with Gasteiger partial charge in [-0.05, 0) is 31.5 Å². The number of halogens is 3. The molecule has 0 aliphatic carbocycles. The number of epoxide rings is 1. The maximum absolute atomic E-state index is 14.1. The first kappa shape index (κ1) is 30.5. The maximum atomic E-state index is 14.1. The van der Waals surface area contributed by atoms with E-state index in [-0.39, 0.29) is 42.8 Å². The Morgan fingerprint density at radius 1 is 1.07 bits per heavy atom. The zero-order valence-electron chi connectivity index (χ0n) is 22.6. The number of nitro benzene ring substituents is 1. The van der Waals surface area contributed by atoms with Crippen molar-refractivity contribution in [3.63, 3.8) is 0 Å². The van der Waals surface area contributed by atoms with E-state index in [9.17, 15) is 32.9 Å². The predicted molar refractivity (Wildman–Crippen MR) is 140 cm³/mol. The fourth-order valence-corrected chi connectivity index (χ4v) is 4.44. The topological polar surface area (TPSA) is 139 Å². The van der Waals surface area contributed by atoms with E-state index in [0.29, 0.717) is 24.7 Å². The Kier molecular flexibility index (Phi) is 9.45. The van der Waals surface area contributed by atoms with Crippen LogP contribution in [0.3, 0.4) is 0 Å². The SMILES string of the molecule is CCOC(=O)C1C(C(F)(F)F)=NC(C)=C(C(=O)OCCOc2ccccc2OCC2CO2)C1c1cccc([N+](=O)[O-])c1. The van der Waals surface area contributed by atoms with E-state index in [1.54, 1.807) is 24.3 Å². The lowest BCUT2D eigenvalue weighted by Crippen LogP contribution is -2.44. The summed E-state index contributed by atoms with van der Waals surface area (Å²) in [6.07, 6.45) is -5.05. The molecule has 3 unspecified atom stereocenters. The van der Waals surface area contributed by atoms with Crippen LogP contribution in [0.15, 0.2) is 64.8 Å². The summed E-state index contributed by atoms with van der Waals surface area (Å²) in [6, 6.07) is 11.5. The van der Waals surface area contributed by atoms with Crippen molar-refractivity contribution >= 4 is 23.3 Å². The minimum absolute atomic E-state index is 0.0176. The second-order valence-corrected chi connectivity index (χ2v) is 9.25. The third kappa shape index (κ3) is 7.24. The largest absolute Gasteiger partial charge is 0.487 e. The number of ether oxygens (including phenoxy) is 5. The van der Waals surface area contributed by atoms with E-state index in [1.165, 1.54) is 26.0 Å². The summed E-state index contributed by atoms with van der Waals surface area (Å²) in [4.78, 5) is 40.5. The Balaban J connectivity index is 1.60. The summed E-state index contributed by atoms with van der Waals surface area (Å²) < 4.78 is 69.1. The number of nitrogens with zero attached hydrogens (tertiary/aromatic N) is 2. The zero-order chi connectivity index (χ0) is 30.4. The number of non-ortho nitro benzene ring substituents is 1. The van der Waals surface area contributed by atoms with Crippen LogP contribution in [0, 0.1) is 16.0 Å². The summed E-state index contributed by atoms with van der Waals surface area (Å²) in [6.45, 7) is 2.81. The highest BCUT2D eigenvalue weighted by molar-refractivity contribution is 6.10. The van der Waals surface area contributed by atoms with Gasteiger partial charge in [-0.1, -0.05) is 24.3 Å². The van der Waals surface area contributed by atoms with E-state index in [1.807, 2.05) is 0 Å². The predicted octanol–water partition coefficient (Wildman–Crippen LogP) is 4.55. The van der Waals surface area contributed by atoms with Gasteiger partial charge in [0.2, 0.25) is 0 Å². The highest BCUT2D eigenvalue weighted by Gasteiger charge is 2.53. The van der Waals surface area contributed by atoms with Crippen molar-refractivity contribution in [2.45, 2.75) is 32.0 Å². The molecule has 1 fully saturated rings. The number of para-hydroxylation sites is 2. The van der Waals surface area contributed by atoms with Crippen LogP contribution in [0.1, 0.15) is 25.3 Å². The minimum atomic E-state index is -5.07. The molecule has 2 aliphatic rings. The first-order valence-electron chi connectivity index (χ1n) is 12.9. The van der Waals surface area contributed by atoms with Crippen molar-refractivity contribution in [2.24, 2.45) is 10.9 Å². The van der Waals surface area contributed by atoms with Crippen LogP contribution >= 0.6 is 0 Å². The third-order valence-electron chi connectivity index (χ3n) is 6.36. The first-order valence-corrected chi connectivity index (χ1v) is 12.9. The van der Waals surface area contributed by atoms with Crippen molar-refractivity contribution in [2.75, 3.05) is 33.0 Å². The Morgan fingerprint density at radius 3 is 2.38 bits per heavy atom. The fourth-order valence-electron chi connectivity index (χ4n) is 4.44. The van der Waals surface area contributed by atoms with Gasteiger partial charge < -0.3 is 23.7 Å². The summed E-state index contributed by atoms with van der Waals surface area (Å²) in [5.41, 5.74) is -2.74. The minimum Gasteiger partial charge on any atom is -0.487 e.